The number of anilines is 1. The number of carbonyl (C=O) groups is 1. The minimum absolute atomic E-state index is 0.0274. The largest absolute Gasteiger partial charge is 0.363 e. The van der Waals surface area contributed by atoms with E-state index in [2.05, 4.69) is 5.32 Å². The number of rotatable bonds is 5. The van der Waals surface area contributed by atoms with Crippen LogP contribution in [-0.4, -0.2) is 37.7 Å². The zero-order valence-corrected chi connectivity index (χ0v) is 11.3. The van der Waals surface area contributed by atoms with Crippen LogP contribution in [0.4, 0.5) is 10.1 Å². The third-order valence-electron chi connectivity index (χ3n) is 3.30. The van der Waals surface area contributed by atoms with E-state index in [1.807, 2.05) is 13.8 Å². The zero-order valence-electron chi connectivity index (χ0n) is 11.3. The average molecular weight is 266 g/mol. The van der Waals surface area contributed by atoms with E-state index in [-0.39, 0.29) is 18.1 Å². The molecule has 19 heavy (non-hydrogen) atoms. The van der Waals surface area contributed by atoms with Gasteiger partial charge in [0, 0.05) is 19.6 Å². The van der Waals surface area contributed by atoms with Crippen molar-refractivity contribution in [2.75, 3.05) is 31.1 Å². The standard InChI is InChI=1S/C14H19FN2O2/c1-3-17(12-7-5-4-6-11(12)15)13(18)8-19-14(2)9-16-10-14/h4-7,16H,3,8-10H2,1-2H3. The molecule has 1 saturated heterocycles. The second-order valence-electron chi connectivity index (χ2n) is 4.93. The van der Waals surface area contributed by atoms with Gasteiger partial charge in [0.25, 0.3) is 5.91 Å². The second kappa shape index (κ2) is 5.67. The van der Waals surface area contributed by atoms with Crippen molar-refractivity contribution in [1.82, 2.24) is 5.32 Å². The molecular weight excluding hydrogens is 247 g/mol. The molecule has 0 aliphatic carbocycles. The number of hydrogen-bond acceptors (Lipinski definition) is 3. The van der Waals surface area contributed by atoms with Gasteiger partial charge in [0.1, 0.15) is 12.4 Å². The molecule has 0 atom stereocenters. The molecule has 1 aliphatic rings. The molecule has 1 aliphatic heterocycles. The van der Waals surface area contributed by atoms with Crippen molar-refractivity contribution in [3.8, 4) is 0 Å². The molecule has 1 aromatic carbocycles. The lowest BCUT2D eigenvalue weighted by Gasteiger charge is -2.39. The molecule has 0 saturated carbocycles. The van der Waals surface area contributed by atoms with Gasteiger partial charge in [0.05, 0.1) is 11.3 Å². The van der Waals surface area contributed by atoms with Crippen molar-refractivity contribution >= 4 is 11.6 Å². The van der Waals surface area contributed by atoms with E-state index >= 15 is 0 Å². The Morgan fingerprint density at radius 1 is 1.47 bits per heavy atom. The lowest BCUT2D eigenvalue weighted by Crippen LogP contribution is -2.59. The number of likely N-dealkylation sites (N-methyl/N-ethyl adjacent to an activating group) is 1. The molecule has 1 N–H and O–H groups in total. The lowest BCUT2D eigenvalue weighted by atomic mass is 10.0. The van der Waals surface area contributed by atoms with Gasteiger partial charge in [-0.15, -0.1) is 0 Å². The van der Waals surface area contributed by atoms with Gasteiger partial charge in [0.15, 0.2) is 0 Å². The molecular formula is C14H19FN2O2. The van der Waals surface area contributed by atoms with E-state index in [9.17, 15) is 9.18 Å². The van der Waals surface area contributed by atoms with Gasteiger partial charge >= 0.3 is 0 Å². The normalized spacial score (nSPS) is 16.8. The highest BCUT2D eigenvalue weighted by atomic mass is 19.1. The number of halogens is 1. The van der Waals surface area contributed by atoms with E-state index < -0.39 is 5.82 Å². The maximum Gasteiger partial charge on any atom is 0.253 e. The summed E-state index contributed by atoms with van der Waals surface area (Å²) in [5.41, 5.74) is 0.0279. The third-order valence-corrected chi connectivity index (χ3v) is 3.30. The summed E-state index contributed by atoms with van der Waals surface area (Å²) in [6.45, 7) is 5.64. The summed E-state index contributed by atoms with van der Waals surface area (Å²) in [7, 11) is 0. The lowest BCUT2D eigenvalue weighted by molar-refractivity contribution is -0.133. The Morgan fingerprint density at radius 3 is 2.68 bits per heavy atom. The van der Waals surface area contributed by atoms with E-state index in [1.54, 1.807) is 18.2 Å². The van der Waals surface area contributed by atoms with Crippen molar-refractivity contribution in [1.29, 1.82) is 0 Å². The first-order valence-corrected chi connectivity index (χ1v) is 6.45. The molecule has 0 aromatic heterocycles. The first-order chi connectivity index (χ1) is 9.06. The maximum atomic E-state index is 13.7. The van der Waals surface area contributed by atoms with E-state index in [0.29, 0.717) is 12.2 Å². The monoisotopic (exact) mass is 266 g/mol. The number of nitrogens with zero attached hydrogens (tertiary/aromatic N) is 1. The van der Waals surface area contributed by atoms with E-state index in [4.69, 9.17) is 4.74 Å². The van der Waals surface area contributed by atoms with Gasteiger partial charge in [-0.1, -0.05) is 12.1 Å². The SMILES string of the molecule is CCN(C(=O)COC1(C)CNC1)c1ccccc1F. The molecule has 4 nitrogen and oxygen atoms in total. The zero-order chi connectivity index (χ0) is 13.9. The van der Waals surface area contributed by atoms with Crippen LogP contribution >= 0.6 is 0 Å². The van der Waals surface area contributed by atoms with E-state index in [0.717, 1.165) is 13.1 Å². The first kappa shape index (κ1) is 14.0. The minimum Gasteiger partial charge on any atom is -0.363 e. The van der Waals surface area contributed by atoms with Crippen LogP contribution in [0.1, 0.15) is 13.8 Å². The van der Waals surface area contributed by atoms with Gasteiger partial charge < -0.3 is 15.0 Å². The number of ether oxygens (including phenoxy) is 1. The van der Waals surface area contributed by atoms with Crippen molar-refractivity contribution in [3.05, 3.63) is 30.1 Å². The number of para-hydroxylation sites is 1. The molecule has 1 heterocycles. The van der Waals surface area contributed by atoms with Crippen LogP contribution in [0, 0.1) is 5.82 Å². The predicted molar refractivity (Wildman–Crippen MR) is 71.7 cm³/mol. The topological polar surface area (TPSA) is 41.6 Å². The Labute approximate surface area is 112 Å². The Balaban J connectivity index is 2.01. The first-order valence-electron chi connectivity index (χ1n) is 6.45. The Hall–Kier alpha value is -1.46. The van der Waals surface area contributed by atoms with Crippen LogP contribution in [0.5, 0.6) is 0 Å². The minimum atomic E-state index is -0.394. The molecule has 1 amide bonds. The molecule has 0 unspecified atom stereocenters. The van der Waals surface area contributed by atoms with Crippen LogP contribution in [0.25, 0.3) is 0 Å². The average Bonchev–Trinajstić information content (AvgIpc) is 2.37. The number of benzene rings is 1. The quantitative estimate of drug-likeness (QED) is 0.879. The smallest absolute Gasteiger partial charge is 0.253 e. The summed E-state index contributed by atoms with van der Waals surface area (Å²) in [4.78, 5) is 13.5. The van der Waals surface area contributed by atoms with E-state index in [1.165, 1.54) is 11.0 Å². The molecule has 0 bridgehead atoms. The predicted octanol–water partition coefficient (Wildman–Crippen LogP) is 1.56. The summed E-state index contributed by atoms with van der Waals surface area (Å²) in [5, 5.41) is 3.10. The molecule has 0 spiro atoms. The fourth-order valence-corrected chi connectivity index (χ4v) is 2.04. The molecule has 104 valence electrons. The second-order valence-corrected chi connectivity index (χ2v) is 4.93. The van der Waals surface area contributed by atoms with Crippen LogP contribution < -0.4 is 10.2 Å². The van der Waals surface area contributed by atoms with Crippen molar-refractivity contribution in [2.24, 2.45) is 0 Å². The van der Waals surface area contributed by atoms with Gasteiger partial charge in [-0.2, -0.15) is 0 Å². The molecule has 2 rings (SSSR count). The maximum absolute atomic E-state index is 13.7. The number of carbonyl (C=O) groups excluding carboxylic acids is 1. The molecule has 0 radical (unpaired) electrons. The Kier molecular flexibility index (Phi) is 4.17. The summed E-state index contributed by atoms with van der Waals surface area (Å²) >= 11 is 0. The third kappa shape index (κ3) is 3.11. The van der Waals surface area contributed by atoms with Crippen molar-refractivity contribution in [3.63, 3.8) is 0 Å². The highest BCUT2D eigenvalue weighted by molar-refractivity contribution is 5.94. The van der Waals surface area contributed by atoms with Gasteiger partial charge in [-0.05, 0) is 26.0 Å². The number of nitrogens with one attached hydrogen (secondary N) is 1. The molecule has 1 aromatic rings. The van der Waals surface area contributed by atoms with Crippen molar-refractivity contribution in [2.45, 2.75) is 19.4 Å². The van der Waals surface area contributed by atoms with Crippen LogP contribution in [0.2, 0.25) is 0 Å². The highest BCUT2D eigenvalue weighted by Crippen LogP contribution is 2.20. The Morgan fingerprint density at radius 2 is 2.16 bits per heavy atom. The highest BCUT2D eigenvalue weighted by Gasteiger charge is 2.33. The van der Waals surface area contributed by atoms with Crippen LogP contribution in [-0.2, 0) is 9.53 Å². The van der Waals surface area contributed by atoms with Crippen LogP contribution in [0.15, 0.2) is 24.3 Å². The summed E-state index contributed by atoms with van der Waals surface area (Å²) < 4.78 is 19.3. The summed E-state index contributed by atoms with van der Waals surface area (Å²) in [6.07, 6.45) is 0. The van der Waals surface area contributed by atoms with Crippen molar-refractivity contribution < 1.29 is 13.9 Å². The number of hydrogen-bond donors (Lipinski definition) is 1. The molecule has 1 fully saturated rings. The fourth-order valence-electron chi connectivity index (χ4n) is 2.04. The summed E-state index contributed by atoms with van der Waals surface area (Å²) in [6, 6.07) is 6.27. The van der Waals surface area contributed by atoms with Gasteiger partial charge in [-0.25, -0.2) is 4.39 Å². The van der Waals surface area contributed by atoms with Gasteiger partial charge in [0.2, 0.25) is 0 Å². The molecule has 5 heteroatoms. The summed E-state index contributed by atoms with van der Waals surface area (Å²) in [5.74, 6) is -0.616. The fraction of sp³-hybridized carbons (Fsp3) is 0.500. The Bertz CT molecular complexity index is 461. The van der Waals surface area contributed by atoms with Crippen LogP contribution in [0.3, 0.4) is 0 Å². The van der Waals surface area contributed by atoms with Gasteiger partial charge in [-0.3, -0.25) is 4.79 Å². The number of amides is 1.